The summed E-state index contributed by atoms with van der Waals surface area (Å²) in [7, 11) is 0. The Balaban J connectivity index is 1.77. The van der Waals surface area contributed by atoms with E-state index >= 15 is 0 Å². The predicted molar refractivity (Wildman–Crippen MR) is 71.5 cm³/mol. The standard InChI is InChI=1S/C15H22N2/c1-3-12(14-5-2-7-16-10-14)9-13(4-1)15-6-8-17-11-15/h1,3-4,9,14-17H,2,5-8,10-11H2. The Bertz CT molecular complexity index is 363. The number of hydrogen-bond donors (Lipinski definition) is 2. The van der Waals surface area contributed by atoms with E-state index in [9.17, 15) is 0 Å². The third-order valence-electron chi connectivity index (χ3n) is 4.21. The van der Waals surface area contributed by atoms with Gasteiger partial charge in [0.15, 0.2) is 0 Å². The second kappa shape index (κ2) is 5.19. The molecule has 2 N–H and O–H groups in total. The Hall–Kier alpha value is -0.860. The van der Waals surface area contributed by atoms with E-state index in [1.807, 2.05) is 0 Å². The maximum Gasteiger partial charge on any atom is 0.00206 e. The van der Waals surface area contributed by atoms with Crippen LogP contribution in [0.4, 0.5) is 0 Å². The van der Waals surface area contributed by atoms with Crippen LogP contribution in [0.25, 0.3) is 0 Å². The molecule has 1 aromatic rings. The minimum absolute atomic E-state index is 0.734. The van der Waals surface area contributed by atoms with Crippen LogP contribution in [0.5, 0.6) is 0 Å². The van der Waals surface area contributed by atoms with Crippen molar-refractivity contribution in [2.24, 2.45) is 0 Å². The molecule has 2 saturated heterocycles. The average Bonchev–Trinajstić information content (AvgIpc) is 2.94. The first-order valence-electron chi connectivity index (χ1n) is 6.95. The molecule has 1 aromatic carbocycles. The molecule has 0 amide bonds. The predicted octanol–water partition coefficient (Wildman–Crippen LogP) is 2.23. The van der Waals surface area contributed by atoms with Gasteiger partial charge in [0.25, 0.3) is 0 Å². The van der Waals surface area contributed by atoms with Crippen LogP contribution in [-0.4, -0.2) is 26.2 Å². The van der Waals surface area contributed by atoms with Crippen molar-refractivity contribution in [3.05, 3.63) is 35.4 Å². The van der Waals surface area contributed by atoms with Gasteiger partial charge >= 0.3 is 0 Å². The molecule has 2 fully saturated rings. The molecule has 0 saturated carbocycles. The summed E-state index contributed by atoms with van der Waals surface area (Å²) in [6.07, 6.45) is 3.96. The van der Waals surface area contributed by atoms with Crippen LogP contribution in [-0.2, 0) is 0 Å². The van der Waals surface area contributed by atoms with Crippen molar-refractivity contribution >= 4 is 0 Å². The lowest BCUT2D eigenvalue weighted by Gasteiger charge is -2.24. The highest BCUT2D eigenvalue weighted by Gasteiger charge is 2.19. The monoisotopic (exact) mass is 230 g/mol. The third kappa shape index (κ3) is 2.53. The van der Waals surface area contributed by atoms with Gasteiger partial charge in [-0.25, -0.2) is 0 Å². The molecule has 2 atom stereocenters. The van der Waals surface area contributed by atoms with Crippen LogP contribution in [0.15, 0.2) is 24.3 Å². The smallest absolute Gasteiger partial charge is 0.00206 e. The highest BCUT2D eigenvalue weighted by molar-refractivity contribution is 5.30. The van der Waals surface area contributed by atoms with Crippen molar-refractivity contribution in [3.63, 3.8) is 0 Å². The summed E-state index contributed by atoms with van der Waals surface area (Å²) in [5.74, 6) is 1.48. The minimum atomic E-state index is 0.734. The van der Waals surface area contributed by atoms with Gasteiger partial charge in [0, 0.05) is 13.1 Å². The fourth-order valence-electron chi connectivity index (χ4n) is 3.14. The summed E-state index contributed by atoms with van der Waals surface area (Å²) in [6.45, 7) is 4.70. The molecule has 0 aliphatic carbocycles. The van der Waals surface area contributed by atoms with Gasteiger partial charge < -0.3 is 10.6 Å². The van der Waals surface area contributed by atoms with Gasteiger partial charge in [-0.05, 0) is 55.3 Å². The number of benzene rings is 1. The molecule has 2 nitrogen and oxygen atoms in total. The molecule has 92 valence electrons. The van der Waals surface area contributed by atoms with E-state index in [1.54, 1.807) is 5.56 Å². The topological polar surface area (TPSA) is 24.1 Å². The van der Waals surface area contributed by atoms with Crippen molar-refractivity contribution in [2.75, 3.05) is 26.2 Å². The zero-order chi connectivity index (χ0) is 11.5. The fraction of sp³-hybridized carbons (Fsp3) is 0.600. The van der Waals surface area contributed by atoms with E-state index in [2.05, 4.69) is 34.9 Å². The summed E-state index contributed by atoms with van der Waals surface area (Å²) in [5.41, 5.74) is 3.08. The number of nitrogens with one attached hydrogen (secondary N) is 2. The van der Waals surface area contributed by atoms with Crippen molar-refractivity contribution < 1.29 is 0 Å². The van der Waals surface area contributed by atoms with E-state index in [-0.39, 0.29) is 0 Å². The number of piperidine rings is 1. The first kappa shape index (κ1) is 11.2. The van der Waals surface area contributed by atoms with Crippen LogP contribution in [0, 0.1) is 0 Å². The molecule has 2 unspecified atom stereocenters. The molecule has 0 spiro atoms. The van der Waals surface area contributed by atoms with Crippen molar-refractivity contribution in [3.8, 4) is 0 Å². The summed E-state index contributed by atoms with van der Waals surface area (Å²) in [5, 5.41) is 6.97. The summed E-state index contributed by atoms with van der Waals surface area (Å²) in [4.78, 5) is 0. The van der Waals surface area contributed by atoms with Crippen molar-refractivity contribution in [2.45, 2.75) is 31.1 Å². The van der Waals surface area contributed by atoms with Crippen LogP contribution >= 0.6 is 0 Å². The molecule has 0 aromatic heterocycles. The zero-order valence-corrected chi connectivity index (χ0v) is 10.4. The van der Waals surface area contributed by atoms with Gasteiger partial charge in [-0.1, -0.05) is 24.3 Å². The number of rotatable bonds is 2. The molecular weight excluding hydrogens is 208 g/mol. The molecule has 2 aliphatic heterocycles. The van der Waals surface area contributed by atoms with E-state index in [4.69, 9.17) is 0 Å². The third-order valence-corrected chi connectivity index (χ3v) is 4.21. The van der Waals surface area contributed by atoms with Gasteiger partial charge in [-0.3, -0.25) is 0 Å². The highest BCUT2D eigenvalue weighted by atomic mass is 14.9. The fourth-order valence-corrected chi connectivity index (χ4v) is 3.14. The first-order valence-corrected chi connectivity index (χ1v) is 6.95. The summed E-state index contributed by atoms with van der Waals surface area (Å²) >= 11 is 0. The molecule has 2 heterocycles. The molecular formula is C15H22N2. The van der Waals surface area contributed by atoms with Crippen LogP contribution in [0.3, 0.4) is 0 Å². The Morgan fingerprint density at radius 3 is 2.24 bits per heavy atom. The van der Waals surface area contributed by atoms with E-state index in [0.29, 0.717) is 0 Å². The maximum atomic E-state index is 3.51. The van der Waals surface area contributed by atoms with E-state index in [1.165, 1.54) is 37.9 Å². The molecule has 2 aliphatic rings. The zero-order valence-electron chi connectivity index (χ0n) is 10.4. The lowest BCUT2D eigenvalue weighted by molar-refractivity contribution is 0.461. The molecule has 2 heteroatoms. The van der Waals surface area contributed by atoms with Gasteiger partial charge in [-0.2, -0.15) is 0 Å². The molecule has 17 heavy (non-hydrogen) atoms. The Labute approximate surface area is 104 Å². The quantitative estimate of drug-likeness (QED) is 0.814. The van der Waals surface area contributed by atoms with Crippen LogP contribution < -0.4 is 10.6 Å². The summed E-state index contributed by atoms with van der Waals surface area (Å²) < 4.78 is 0. The Kier molecular flexibility index (Phi) is 3.44. The first-order chi connectivity index (χ1) is 8.43. The molecule has 0 radical (unpaired) electrons. The maximum absolute atomic E-state index is 3.51. The van der Waals surface area contributed by atoms with Crippen LogP contribution in [0.1, 0.15) is 42.2 Å². The lowest BCUT2D eigenvalue weighted by atomic mass is 9.88. The second-order valence-corrected chi connectivity index (χ2v) is 5.40. The lowest BCUT2D eigenvalue weighted by Crippen LogP contribution is -2.28. The molecule has 3 rings (SSSR count). The average molecular weight is 230 g/mol. The highest BCUT2D eigenvalue weighted by Crippen LogP contribution is 2.28. The SMILES string of the molecule is c1cc(C2CCCNC2)cc(C2CCNC2)c1. The Morgan fingerprint density at radius 1 is 0.882 bits per heavy atom. The van der Waals surface area contributed by atoms with Crippen molar-refractivity contribution in [1.29, 1.82) is 0 Å². The number of hydrogen-bond acceptors (Lipinski definition) is 2. The van der Waals surface area contributed by atoms with Gasteiger partial charge in [-0.15, -0.1) is 0 Å². The van der Waals surface area contributed by atoms with Crippen LogP contribution in [0.2, 0.25) is 0 Å². The normalized spacial score (nSPS) is 29.4. The van der Waals surface area contributed by atoms with E-state index in [0.717, 1.165) is 24.9 Å². The van der Waals surface area contributed by atoms with E-state index < -0.39 is 0 Å². The minimum Gasteiger partial charge on any atom is -0.316 e. The second-order valence-electron chi connectivity index (χ2n) is 5.40. The Morgan fingerprint density at radius 2 is 1.59 bits per heavy atom. The van der Waals surface area contributed by atoms with Gasteiger partial charge in [0.1, 0.15) is 0 Å². The summed E-state index contributed by atoms with van der Waals surface area (Å²) in [6, 6.07) is 9.31. The van der Waals surface area contributed by atoms with Gasteiger partial charge in [0.2, 0.25) is 0 Å². The largest absolute Gasteiger partial charge is 0.316 e. The van der Waals surface area contributed by atoms with Gasteiger partial charge in [0.05, 0.1) is 0 Å². The van der Waals surface area contributed by atoms with Crippen molar-refractivity contribution in [1.82, 2.24) is 10.6 Å². The molecule has 0 bridgehead atoms.